The van der Waals surface area contributed by atoms with Gasteiger partial charge in [-0.25, -0.2) is 0 Å². The quantitative estimate of drug-likeness (QED) is 0.773. The van der Waals surface area contributed by atoms with Crippen LogP contribution in [-0.2, 0) is 6.42 Å². The average Bonchev–Trinajstić information content (AvgIpc) is 2.96. The predicted molar refractivity (Wildman–Crippen MR) is 53.1 cm³/mol. The van der Waals surface area contributed by atoms with Gasteiger partial charge in [0.25, 0.3) is 0 Å². The van der Waals surface area contributed by atoms with Crippen LogP contribution < -0.4 is 5.32 Å². The van der Waals surface area contributed by atoms with Crippen LogP contribution in [0.25, 0.3) is 0 Å². The van der Waals surface area contributed by atoms with E-state index in [1.807, 2.05) is 7.05 Å². The van der Waals surface area contributed by atoms with Crippen molar-refractivity contribution in [3.8, 4) is 0 Å². The molecule has 1 unspecified atom stereocenters. The van der Waals surface area contributed by atoms with Crippen molar-refractivity contribution >= 4 is 0 Å². The Hall–Kier alpha value is -0.900. The zero-order chi connectivity index (χ0) is 9.97. The van der Waals surface area contributed by atoms with E-state index in [1.54, 1.807) is 0 Å². The Kier molecular flexibility index (Phi) is 2.82. The second-order valence-corrected chi connectivity index (χ2v) is 3.92. The molecule has 1 saturated carbocycles. The van der Waals surface area contributed by atoms with Crippen LogP contribution in [0.15, 0.2) is 4.52 Å². The number of rotatable bonds is 5. The summed E-state index contributed by atoms with van der Waals surface area (Å²) in [7, 11) is 1.96. The van der Waals surface area contributed by atoms with Crippen LogP contribution in [0.4, 0.5) is 0 Å². The van der Waals surface area contributed by atoms with Gasteiger partial charge in [0, 0.05) is 18.4 Å². The Morgan fingerprint density at radius 2 is 2.36 bits per heavy atom. The molecule has 1 N–H and O–H groups in total. The van der Waals surface area contributed by atoms with Crippen LogP contribution >= 0.6 is 0 Å². The van der Waals surface area contributed by atoms with Crippen LogP contribution in [0.2, 0.25) is 0 Å². The predicted octanol–water partition coefficient (Wildman–Crippen LogP) is 1.49. The van der Waals surface area contributed by atoms with E-state index in [9.17, 15) is 0 Å². The zero-order valence-electron chi connectivity index (χ0n) is 8.79. The molecule has 1 aliphatic carbocycles. The maximum absolute atomic E-state index is 5.20. The van der Waals surface area contributed by atoms with Gasteiger partial charge in [0.15, 0.2) is 5.82 Å². The molecule has 0 radical (unpaired) electrons. The molecule has 0 amide bonds. The van der Waals surface area contributed by atoms with Crippen LogP contribution in [0.5, 0.6) is 0 Å². The topological polar surface area (TPSA) is 51.0 Å². The lowest BCUT2D eigenvalue weighted by molar-refractivity contribution is 0.355. The molecule has 1 aliphatic rings. The summed E-state index contributed by atoms with van der Waals surface area (Å²) >= 11 is 0. The number of likely N-dealkylation sites (N-methyl/N-ethyl adjacent to an activating group) is 1. The molecule has 0 aliphatic heterocycles. The molecule has 4 heteroatoms. The Bertz CT molecular complexity index is 289. The summed E-state index contributed by atoms with van der Waals surface area (Å²) in [5, 5.41) is 7.21. The van der Waals surface area contributed by atoms with Crippen molar-refractivity contribution < 1.29 is 4.52 Å². The summed E-state index contributed by atoms with van der Waals surface area (Å²) < 4.78 is 5.20. The van der Waals surface area contributed by atoms with E-state index in [0.717, 1.165) is 24.6 Å². The van der Waals surface area contributed by atoms with Crippen molar-refractivity contribution in [3.05, 3.63) is 11.7 Å². The molecular formula is C10H17N3O. The summed E-state index contributed by atoms with van der Waals surface area (Å²) in [4.78, 5) is 4.39. The molecule has 2 rings (SSSR count). The molecule has 1 aromatic heterocycles. The molecule has 1 atom stereocenters. The Morgan fingerprint density at radius 1 is 1.57 bits per heavy atom. The number of aromatic nitrogens is 2. The van der Waals surface area contributed by atoms with Gasteiger partial charge < -0.3 is 9.84 Å². The number of hydrogen-bond acceptors (Lipinski definition) is 4. The Balaban J connectivity index is 1.94. The normalized spacial score (nSPS) is 18.4. The van der Waals surface area contributed by atoms with E-state index in [4.69, 9.17) is 4.52 Å². The summed E-state index contributed by atoms with van der Waals surface area (Å²) in [6.45, 7) is 2.15. The van der Waals surface area contributed by atoms with Crippen molar-refractivity contribution in [1.29, 1.82) is 0 Å². The lowest BCUT2D eigenvalue weighted by Gasteiger charge is -2.09. The first-order chi connectivity index (χ1) is 6.83. The molecular weight excluding hydrogens is 178 g/mol. The third kappa shape index (κ3) is 2.12. The second-order valence-electron chi connectivity index (χ2n) is 3.92. The van der Waals surface area contributed by atoms with E-state index < -0.39 is 0 Å². The molecule has 0 spiro atoms. The summed E-state index contributed by atoms with van der Waals surface area (Å²) in [6, 6.07) is 0.447. The SMILES string of the molecule is CCC(Cc1nc(C2CC2)no1)NC. The Morgan fingerprint density at radius 3 is 2.93 bits per heavy atom. The maximum Gasteiger partial charge on any atom is 0.228 e. The van der Waals surface area contributed by atoms with Crippen LogP contribution in [0, 0.1) is 0 Å². The maximum atomic E-state index is 5.20. The second kappa shape index (κ2) is 4.09. The highest BCUT2D eigenvalue weighted by Gasteiger charge is 2.28. The van der Waals surface area contributed by atoms with Gasteiger partial charge in [0.05, 0.1) is 0 Å². The van der Waals surface area contributed by atoms with Crippen LogP contribution in [0.1, 0.15) is 43.8 Å². The molecule has 1 heterocycles. The van der Waals surface area contributed by atoms with Crippen LogP contribution in [-0.4, -0.2) is 23.2 Å². The first kappa shape index (κ1) is 9.65. The molecule has 0 aromatic carbocycles. The van der Waals surface area contributed by atoms with Crippen molar-refractivity contribution in [2.45, 2.75) is 44.6 Å². The Labute approximate surface area is 84.1 Å². The largest absolute Gasteiger partial charge is 0.339 e. The zero-order valence-corrected chi connectivity index (χ0v) is 8.79. The average molecular weight is 195 g/mol. The van der Waals surface area contributed by atoms with Crippen molar-refractivity contribution in [2.75, 3.05) is 7.05 Å². The molecule has 0 bridgehead atoms. The highest BCUT2D eigenvalue weighted by atomic mass is 16.5. The smallest absolute Gasteiger partial charge is 0.228 e. The first-order valence-corrected chi connectivity index (χ1v) is 5.33. The van der Waals surface area contributed by atoms with Gasteiger partial charge in [-0.2, -0.15) is 4.98 Å². The van der Waals surface area contributed by atoms with Gasteiger partial charge in [-0.05, 0) is 26.3 Å². The van der Waals surface area contributed by atoms with E-state index in [-0.39, 0.29) is 0 Å². The number of hydrogen-bond donors (Lipinski definition) is 1. The highest BCUT2D eigenvalue weighted by Crippen LogP contribution is 2.38. The minimum Gasteiger partial charge on any atom is -0.339 e. The standard InChI is InChI=1S/C10H17N3O/c1-3-8(11-2)6-9-12-10(13-14-9)7-4-5-7/h7-8,11H,3-6H2,1-2H3. The van der Waals surface area contributed by atoms with Crippen molar-refractivity contribution in [3.63, 3.8) is 0 Å². The van der Waals surface area contributed by atoms with E-state index in [1.165, 1.54) is 12.8 Å². The monoisotopic (exact) mass is 195 g/mol. The molecule has 78 valence electrons. The lowest BCUT2D eigenvalue weighted by atomic mass is 10.1. The van der Waals surface area contributed by atoms with Gasteiger partial charge in [0.2, 0.25) is 5.89 Å². The number of nitrogens with zero attached hydrogens (tertiary/aromatic N) is 2. The molecule has 0 saturated heterocycles. The summed E-state index contributed by atoms with van der Waals surface area (Å²) in [6.07, 6.45) is 4.37. The molecule has 4 nitrogen and oxygen atoms in total. The van der Waals surface area contributed by atoms with Crippen LogP contribution in [0.3, 0.4) is 0 Å². The van der Waals surface area contributed by atoms with Gasteiger partial charge >= 0.3 is 0 Å². The fourth-order valence-corrected chi connectivity index (χ4v) is 1.52. The fraction of sp³-hybridized carbons (Fsp3) is 0.800. The highest BCUT2D eigenvalue weighted by molar-refractivity contribution is 5.03. The van der Waals surface area contributed by atoms with E-state index >= 15 is 0 Å². The number of nitrogens with one attached hydrogen (secondary N) is 1. The molecule has 1 fully saturated rings. The first-order valence-electron chi connectivity index (χ1n) is 5.33. The third-order valence-corrected chi connectivity index (χ3v) is 2.75. The van der Waals surface area contributed by atoms with Gasteiger partial charge in [-0.3, -0.25) is 0 Å². The van der Waals surface area contributed by atoms with E-state index in [2.05, 4.69) is 22.4 Å². The summed E-state index contributed by atoms with van der Waals surface area (Å²) in [5.74, 6) is 2.27. The minimum atomic E-state index is 0.447. The van der Waals surface area contributed by atoms with E-state index in [0.29, 0.717) is 12.0 Å². The van der Waals surface area contributed by atoms with Gasteiger partial charge in [-0.15, -0.1) is 0 Å². The third-order valence-electron chi connectivity index (χ3n) is 2.75. The minimum absolute atomic E-state index is 0.447. The molecule has 1 aromatic rings. The van der Waals surface area contributed by atoms with Gasteiger partial charge in [-0.1, -0.05) is 12.1 Å². The fourth-order valence-electron chi connectivity index (χ4n) is 1.52. The molecule has 14 heavy (non-hydrogen) atoms. The van der Waals surface area contributed by atoms with Crippen molar-refractivity contribution in [1.82, 2.24) is 15.5 Å². The van der Waals surface area contributed by atoms with Crippen molar-refractivity contribution in [2.24, 2.45) is 0 Å². The lowest BCUT2D eigenvalue weighted by Crippen LogP contribution is -2.26. The van der Waals surface area contributed by atoms with Gasteiger partial charge in [0.1, 0.15) is 0 Å². The summed E-state index contributed by atoms with van der Waals surface area (Å²) in [5.41, 5.74) is 0.